The Bertz CT molecular complexity index is 1150. The molecule has 184 valence electrons. The van der Waals surface area contributed by atoms with Gasteiger partial charge in [0.2, 0.25) is 10.0 Å². The second-order valence-corrected chi connectivity index (χ2v) is 8.96. The monoisotopic (exact) mass is 498 g/mol. The predicted octanol–water partition coefficient (Wildman–Crippen LogP) is 2.88. The molecule has 1 aliphatic rings. The SMILES string of the molecule is COc1ccc(NC(=O)c2nnc(C(=O)NCCCN3CCN(c4ccccc4F)CC3)s2)cc1. The number of aromatic nitrogens is 2. The van der Waals surface area contributed by atoms with Gasteiger partial charge in [-0.25, -0.2) is 4.39 Å². The van der Waals surface area contributed by atoms with Crippen molar-refractivity contribution in [1.82, 2.24) is 20.4 Å². The molecule has 1 saturated heterocycles. The third-order valence-corrected chi connectivity index (χ3v) is 6.58. The van der Waals surface area contributed by atoms with Gasteiger partial charge in [0.1, 0.15) is 11.6 Å². The molecule has 0 aliphatic carbocycles. The number of hydrogen-bond acceptors (Lipinski definition) is 8. The van der Waals surface area contributed by atoms with Crippen LogP contribution in [0.1, 0.15) is 26.0 Å². The number of methoxy groups -OCH3 is 1. The van der Waals surface area contributed by atoms with E-state index in [1.54, 1.807) is 37.4 Å². The summed E-state index contributed by atoms with van der Waals surface area (Å²) in [5, 5.41) is 13.5. The number of ether oxygens (including phenoxy) is 1. The summed E-state index contributed by atoms with van der Waals surface area (Å²) in [4.78, 5) is 29.1. The van der Waals surface area contributed by atoms with Gasteiger partial charge >= 0.3 is 0 Å². The molecule has 0 bridgehead atoms. The number of nitrogens with zero attached hydrogens (tertiary/aromatic N) is 4. The molecule has 1 fully saturated rings. The van der Waals surface area contributed by atoms with Gasteiger partial charge in [-0.1, -0.05) is 23.5 Å². The lowest BCUT2D eigenvalue weighted by Crippen LogP contribution is -2.47. The van der Waals surface area contributed by atoms with Crippen LogP contribution in [0.2, 0.25) is 0 Å². The molecule has 0 unspecified atom stereocenters. The first-order valence-electron chi connectivity index (χ1n) is 11.3. The third kappa shape index (κ3) is 6.52. The molecule has 2 amide bonds. The van der Waals surface area contributed by atoms with Crippen LogP contribution >= 0.6 is 11.3 Å². The van der Waals surface area contributed by atoms with E-state index < -0.39 is 5.91 Å². The molecule has 2 aromatic carbocycles. The molecular weight excluding hydrogens is 471 g/mol. The van der Waals surface area contributed by atoms with Gasteiger partial charge in [-0.05, 0) is 49.4 Å². The Balaban J connectivity index is 1.16. The summed E-state index contributed by atoms with van der Waals surface area (Å²) in [6, 6.07) is 13.7. The highest BCUT2D eigenvalue weighted by Crippen LogP contribution is 2.20. The number of piperazine rings is 1. The van der Waals surface area contributed by atoms with Gasteiger partial charge in [-0.3, -0.25) is 14.5 Å². The number of benzene rings is 2. The lowest BCUT2D eigenvalue weighted by atomic mass is 10.2. The van der Waals surface area contributed by atoms with Crippen LogP contribution in [0.5, 0.6) is 5.75 Å². The van der Waals surface area contributed by atoms with Gasteiger partial charge in [0.15, 0.2) is 0 Å². The summed E-state index contributed by atoms with van der Waals surface area (Å²) in [6.45, 7) is 4.52. The molecule has 9 nitrogen and oxygen atoms in total. The largest absolute Gasteiger partial charge is 0.497 e. The summed E-state index contributed by atoms with van der Waals surface area (Å²) in [7, 11) is 1.57. The lowest BCUT2D eigenvalue weighted by Gasteiger charge is -2.36. The number of nitrogens with one attached hydrogen (secondary N) is 2. The van der Waals surface area contributed by atoms with Crippen LogP contribution in [0.4, 0.5) is 15.8 Å². The molecule has 1 aromatic heterocycles. The van der Waals surface area contributed by atoms with Gasteiger partial charge in [-0.2, -0.15) is 0 Å². The van der Waals surface area contributed by atoms with E-state index in [2.05, 4.69) is 30.6 Å². The molecule has 0 radical (unpaired) electrons. The molecule has 0 spiro atoms. The van der Waals surface area contributed by atoms with Crippen molar-refractivity contribution < 1.29 is 18.7 Å². The van der Waals surface area contributed by atoms with Crippen molar-refractivity contribution in [2.24, 2.45) is 0 Å². The fourth-order valence-corrected chi connectivity index (χ4v) is 4.42. The Labute approximate surface area is 206 Å². The zero-order chi connectivity index (χ0) is 24.6. The molecule has 4 rings (SSSR count). The maximum absolute atomic E-state index is 14.0. The van der Waals surface area contributed by atoms with E-state index >= 15 is 0 Å². The highest BCUT2D eigenvalue weighted by Gasteiger charge is 2.20. The topological polar surface area (TPSA) is 99.7 Å². The average Bonchev–Trinajstić information content (AvgIpc) is 3.39. The van der Waals surface area contributed by atoms with E-state index in [1.807, 2.05) is 12.1 Å². The smallest absolute Gasteiger partial charge is 0.286 e. The fraction of sp³-hybridized carbons (Fsp3) is 0.333. The van der Waals surface area contributed by atoms with Gasteiger partial charge in [0, 0.05) is 38.4 Å². The highest BCUT2D eigenvalue weighted by molar-refractivity contribution is 7.15. The van der Waals surface area contributed by atoms with E-state index in [9.17, 15) is 14.0 Å². The van der Waals surface area contributed by atoms with E-state index in [-0.39, 0.29) is 21.7 Å². The zero-order valence-corrected chi connectivity index (χ0v) is 20.2. The van der Waals surface area contributed by atoms with E-state index in [4.69, 9.17) is 4.74 Å². The second kappa shape index (κ2) is 11.7. The molecule has 2 heterocycles. The molecule has 2 N–H and O–H groups in total. The molecule has 1 aliphatic heterocycles. The minimum absolute atomic E-state index is 0.110. The van der Waals surface area contributed by atoms with Crippen LogP contribution in [0, 0.1) is 5.82 Å². The Kier molecular flexibility index (Phi) is 8.22. The molecule has 0 saturated carbocycles. The first-order chi connectivity index (χ1) is 17.0. The lowest BCUT2D eigenvalue weighted by molar-refractivity contribution is 0.0949. The molecule has 11 heteroatoms. The van der Waals surface area contributed by atoms with Crippen molar-refractivity contribution in [3.8, 4) is 5.75 Å². The van der Waals surface area contributed by atoms with E-state index in [0.29, 0.717) is 23.7 Å². The van der Waals surface area contributed by atoms with Gasteiger partial charge in [0.05, 0.1) is 12.8 Å². The Morgan fingerprint density at radius 3 is 2.37 bits per heavy atom. The van der Waals surface area contributed by atoms with Crippen LogP contribution in [0.3, 0.4) is 0 Å². The zero-order valence-electron chi connectivity index (χ0n) is 19.4. The first-order valence-corrected chi connectivity index (χ1v) is 12.1. The third-order valence-electron chi connectivity index (χ3n) is 5.66. The van der Waals surface area contributed by atoms with Crippen molar-refractivity contribution in [2.75, 3.05) is 56.6 Å². The van der Waals surface area contributed by atoms with Gasteiger partial charge < -0.3 is 20.3 Å². The standard InChI is InChI=1S/C24H27FN6O3S/c1-34-18-9-7-17(8-10-18)27-22(33)24-29-28-23(35-24)21(32)26-11-4-12-30-13-15-31(16-14-30)20-6-3-2-5-19(20)25/h2-3,5-10H,4,11-16H2,1H3,(H,26,32)(H,27,33). The van der Waals surface area contributed by atoms with Crippen molar-refractivity contribution in [1.29, 1.82) is 0 Å². The summed E-state index contributed by atoms with van der Waals surface area (Å²) >= 11 is 0.944. The fourth-order valence-electron chi connectivity index (χ4n) is 3.77. The number of hydrogen-bond donors (Lipinski definition) is 2. The van der Waals surface area contributed by atoms with Gasteiger partial charge in [-0.15, -0.1) is 10.2 Å². The molecule has 0 atom stereocenters. The molecule has 35 heavy (non-hydrogen) atoms. The Morgan fingerprint density at radius 1 is 1.00 bits per heavy atom. The number of anilines is 2. The van der Waals surface area contributed by atoms with Crippen LogP contribution in [0.15, 0.2) is 48.5 Å². The van der Waals surface area contributed by atoms with Crippen LogP contribution in [0.25, 0.3) is 0 Å². The highest BCUT2D eigenvalue weighted by atomic mass is 32.1. The number of carbonyl (C=O) groups excluding carboxylic acids is 2. The summed E-state index contributed by atoms with van der Waals surface area (Å²) in [5.41, 5.74) is 1.24. The minimum atomic E-state index is -0.429. The van der Waals surface area contributed by atoms with Crippen molar-refractivity contribution >= 4 is 34.5 Å². The summed E-state index contributed by atoms with van der Waals surface area (Å²) < 4.78 is 19.1. The number of amides is 2. The number of halogens is 1. The minimum Gasteiger partial charge on any atom is -0.497 e. The maximum Gasteiger partial charge on any atom is 0.286 e. The number of rotatable bonds is 9. The Morgan fingerprint density at radius 2 is 1.69 bits per heavy atom. The Hall–Kier alpha value is -3.57. The van der Waals surface area contributed by atoms with Gasteiger partial charge in [0.25, 0.3) is 11.8 Å². The van der Waals surface area contributed by atoms with Crippen LogP contribution < -0.4 is 20.3 Å². The maximum atomic E-state index is 14.0. The van der Waals surface area contributed by atoms with E-state index in [1.165, 1.54) is 6.07 Å². The number of para-hydroxylation sites is 1. The van der Waals surface area contributed by atoms with Crippen LogP contribution in [-0.4, -0.2) is 73.3 Å². The van der Waals surface area contributed by atoms with Crippen molar-refractivity contribution in [3.05, 3.63) is 64.4 Å². The average molecular weight is 499 g/mol. The van der Waals surface area contributed by atoms with E-state index in [0.717, 1.165) is 50.5 Å². The number of carbonyl (C=O) groups is 2. The summed E-state index contributed by atoms with van der Waals surface area (Å²) in [5.74, 6) is -0.291. The molecular formula is C24H27FN6O3S. The second-order valence-electron chi connectivity index (χ2n) is 7.98. The molecule has 3 aromatic rings. The predicted molar refractivity (Wildman–Crippen MR) is 133 cm³/mol. The van der Waals surface area contributed by atoms with Crippen LogP contribution in [-0.2, 0) is 0 Å². The van der Waals surface area contributed by atoms with Crippen molar-refractivity contribution in [3.63, 3.8) is 0 Å². The summed E-state index contributed by atoms with van der Waals surface area (Å²) in [6.07, 6.45) is 0.773. The van der Waals surface area contributed by atoms with Crippen molar-refractivity contribution in [2.45, 2.75) is 6.42 Å². The first kappa shape index (κ1) is 24.6. The normalized spacial score (nSPS) is 13.9. The quantitative estimate of drug-likeness (QED) is 0.438.